The van der Waals surface area contributed by atoms with Crippen LogP contribution < -0.4 is 5.32 Å². The molecule has 0 aromatic heterocycles. The van der Waals surface area contributed by atoms with E-state index in [9.17, 15) is 18.4 Å². The molecule has 7 heteroatoms. The number of amides is 1. The van der Waals surface area contributed by atoms with E-state index in [4.69, 9.17) is 5.11 Å². The number of carboxylic acids is 1. The molecule has 3 atom stereocenters. The summed E-state index contributed by atoms with van der Waals surface area (Å²) in [6.07, 6.45) is -3.05. The topological polar surface area (TPSA) is 66.4 Å². The average Bonchev–Trinajstić information content (AvgIpc) is 3.17. The Morgan fingerprint density at radius 2 is 2.14 bits per heavy atom. The van der Waals surface area contributed by atoms with E-state index in [1.54, 1.807) is 0 Å². The second-order valence-electron chi connectivity index (χ2n) is 5.03. The van der Waals surface area contributed by atoms with Gasteiger partial charge < -0.3 is 10.4 Å². The van der Waals surface area contributed by atoms with Gasteiger partial charge in [-0.1, -0.05) is 28.1 Å². The Bertz CT molecular complexity index is 553. The van der Waals surface area contributed by atoms with Crippen molar-refractivity contribution in [2.24, 2.45) is 5.92 Å². The molecular formula is C14H14BrF2NO3. The van der Waals surface area contributed by atoms with Gasteiger partial charge in [0.2, 0.25) is 12.3 Å². The van der Waals surface area contributed by atoms with E-state index in [0.717, 1.165) is 10.0 Å². The number of aliphatic carboxylic acids is 1. The van der Waals surface area contributed by atoms with Crippen LogP contribution in [-0.4, -0.2) is 29.5 Å². The standard InChI is InChI=1S/C14H14BrF2NO3/c15-8-3-1-2-7(4-8)9-5-10(9)13(19)18-11(14(20)21)6-12(16)17/h1-4,9-12H,5-6H2,(H,18,19)(H,20,21). The molecule has 1 fully saturated rings. The first kappa shape index (κ1) is 15.9. The van der Waals surface area contributed by atoms with Crippen LogP contribution in [0.3, 0.4) is 0 Å². The fraction of sp³-hybridized carbons (Fsp3) is 0.429. The Hall–Kier alpha value is -1.50. The fourth-order valence-electron chi connectivity index (χ4n) is 2.27. The highest BCUT2D eigenvalue weighted by molar-refractivity contribution is 9.10. The molecule has 21 heavy (non-hydrogen) atoms. The molecule has 1 aliphatic rings. The molecule has 1 saturated carbocycles. The molecule has 0 spiro atoms. The Labute approximate surface area is 128 Å². The summed E-state index contributed by atoms with van der Waals surface area (Å²) in [6, 6.07) is 5.96. The molecule has 2 rings (SSSR count). The van der Waals surface area contributed by atoms with Gasteiger partial charge >= 0.3 is 5.97 Å². The third kappa shape index (κ3) is 4.23. The third-order valence-corrected chi connectivity index (χ3v) is 3.93. The predicted octanol–water partition coefficient (Wildman–Crippen LogP) is 2.78. The van der Waals surface area contributed by atoms with Crippen LogP contribution in [0, 0.1) is 5.92 Å². The Morgan fingerprint density at radius 3 is 2.71 bits per heavy atom. The molecule has 3 unspecified atom stereocenters. The van der Waals surface area contributed by atoms with Gasteiger partial charge in [0.1, 0.15) is 6.04 Å². The summed E-state index contributed by atoms with van der Waals surface area (Å²) < 4.78 is 25.5. The lowest BCUT2D eigenvalue weighted by atomic mass is 10.1. The van der Waals surface area contributed by atoms with Gasteiger partial charge in [-0.15, -0.1) is 0 Å². The van der Waals surface area contributed by atoms with Crippen molar-refractivity contribution >= 4 is 27.8 Å². The number of carboxylic acid groups (broad SMARTS) is 1. The molecule has 114 valence electrons. The lowest BCUT2D eigenvalue weighted by Crippen LogP contribution is -2.42. The van der Waals surface area contributed by atoms with Crippen LogP contribution in [0.1, 0.15) is 24.3 Å². The van der Waals surface area contributed by atoms with Crippen molar-refractivity contribution in [3.05, 3.63) is 34.3 Å². The molecule has 1 amide bonds. The first-order valence-corrected chi connectivity index (χ1v) is 7.24. The van der Waals surface area contributed by atoms with Crippen molar-refractivity contribution in [1.29, 1.82) is 0 Å². The number of hydrogen-bond acceptors (Lipinski definition) is 2. The SMILES string of the molecule is O=C(O)C(CC(F)F)NC(=O)C1CC1c1cccc(Br)c1. The number of alkyl halides is 2. The van der Waals surface area contributed by atoms with E-state index in [1.165, 1.54) is 0 Å². The molecule has 0 aliphatic heterocycles. The maximum absolute atomic E-state index is 12.3. The number of carbonyl (C=O) groups excluding carboxylic acids is 1. The van der Waals surface area contributed by atoms with Gasteiger partial charge in [-0.2, -0.15) is 0 Å². The quantitative estimate of drug-likeness (QED) is 0.818. The van der Waals surface area contributed by atoms with Gasteiger partial charge in [0.25, 0.3) is 0 Å². The van der Waals surface area contributed by atoms with Gasteiger partial charge in [-0.3, -0.25) is 4.79 Å². The smallest absolute Gasteiger partial charge is 0.326 e. The normalized spacial score (nSPS) is 21.9. The van der Waals surface area contributed by atoms with Crippen LogP contribution in [0.15, 0.2) is 28.7 Å². The van der Waals surface area contributed by atoms with E-state index in [1.807, 2.05) is 24.3 Å². The van der Waals surface area contributed by atoms with E-state index in [2.05, 4.69) is 21.2 Å². The summed E-state index contributed by atoms with van der Waals surface area (Å²) in [6.45, 7) is 0. The maximum Gasteiger partial charge on any atom is 0.326 e. The van der Waals surface area contributed by atoms with Gasteiger partial charge in [0.15, 0.2) is 0 Å². The van der Waals surface area contributed by atoms with E-state index in [-0.39, 0.29) is 11.8 Å². The third-order valence-electron chi connectivity index (χ3n) is 3.43. The highest BCUT2D eigenvalue weighted by Gasteiger charge is 2.45. The Morgan fingerprint density at radius 1 is 1.43 bits per heavy atom. The van der Waals surface area contributed by atoms with Gasteiger partial charge in [0, 0.05) is 16.8 Å². The number of benzene rings is 1. The lowest BCUT2D eigenvalue weighted by molar-refractivity contribution is -0.143. The largest absolute Gasteiger partial charge is 0.480 e. The highest BCUT2D eigenvalue weighted by atomic mass is 79.9. The van der Waals surface area contributed by atoms with Crippen LogP contribution in [0.2, 0.25) is 0 Å². The minimum absolute atomic E-state index is 0.0171. The zero-order valence-corrected chi connectivity index (χ0v) is 12.5. The minimum atomic E-state index is -2.77. The van der Waals surface area contributed by atoms with E-state index < -0.39 is 30.8 Å². The van der Waals surface area contributed by atoms with Gasteiger partial charge in [-0.25, -0.2) is 13.6 Å². The second-order valence-corrected chi connectivity index (χ2v) is 5.95. The number of nitrogens with one attached hydrogen (secondary N) is 1. The molecule has 1 aromatic carbocycles. The highest BCUT2D eigenvalue weighted by Crippen LogP contribution is 2.48. The lowest BCUT2D eigenvalue weighted by Gasteiger charge is -2.14. The summed E-state index contributed by atoms with van der Waals surface area (Å²) >= 11 is 3.34. The number of halogens is 3. The van der Waals surface area contributed by atoms with Crippen molar-refractivity contribution in [3.63, 3.8) is 0 Å². The molecular weight excluding hydrogens is 348 g/mol. The summed E-state index contributed by atoms with van der Waals surface area (Å²) in [5, 5.41) is 11.0. The van der Waals surface area contributed by atoms with E-state index >= 15 is 0 Å². The van der Waals surface area contributed by atoms with Crippen molar-refractivity contribution in [2.75, 3.05) is 0 Å². The first-order chi connectivity index (χ1) is 9.88. The first-order valence-electron chi connectivity index (χ1n) is 6.45. The summed E-state index contributed by atoms with van der Waals surface area (Å²) in [7, 11) is 0. The van der Waals surface area contributed by atoms with Crippen LogP contribution in [0.5, 0.6) is 0 Å². The molecule has 4 nitrogen and oxygen atoms in total. The molecule has 1 aromatic rings. The van der Waals surface area contributed by atoms with Crippen LogP contribution in [0.4, 0.5) is 8.78 Å². The fourth-order valence-corrected chi connectivity index (χ4v) is 2.69. The number of rotatable bonds is 6. The number of carbonyl (C=O) groups is 2. The van der Waals surface area contributed by atoms with Crippen molar-refractivity contribution in [1.82, 2.24) is 5.32 Å². The Kier molecular flexibility index (Phi) is 4.92. The van der Waals surface area contributed by atoms with Crippen LogP contribution >= 0.6 is 15.9 Å². The van der Waals surface area contributed by atoms with Crippen molar-refractivity contribution < 1.29 is 23.5 Å². The molecule has 0 bridgehead atoms. The van der Waals surface area contributed by atoms with Crippen LogP contribution in [0.25, 0.3) is 0 Å². The van der Waals surface area contributed by atoms with E-state index in [0.29, 0.717) is 6.42 Å². The van der Waals surface area contributed by atoms with Gasteiger partial charge in [-0.05, 0) is 30.0 Å². The zero-order chi connectivity index (χ0) is 15.6. The average molecular weight is 362 g/mol. The van der Waals surface area contributed by atoms with Crippen LogP contribution in [-0.2, 0) is 9.59 Å². The number of hydrogen-bond donors (Lipinski definition) is 2. The van der Waals surface area contributed by atoms with Crippen molar-refractivity contribution in [2.45, 2.75) is 31.2 Å². The minimum Gasteiger partial charge on any atom is -0.480 e. The molecule has 2 N–H and O–H groups in total. The van der Waals surface area contributed by atoms with Crippen molar-refractivity contribution in [3.8, 4) is 0 Å². The summed E-state index contributed by atoms with van der Waals surface area (Å²) in [4.78, 5) is 22.8. The monoisotopic (exact) mass is 361 g/mol. The molecule has 0 radical (unpaired) electrons. The summed E-state index contributed by atoms with van der Waals surface area (Å²) in [5.74, 6) is -2.25. The molecule has 1 aliphatic carbocycles. The molecule has 0 saturated heterocycles. The summed E-state index contributed by atoms with van der Waals surface area (Å²) in [5.41, 5.74) is 0.977. The molecule has 0 heterocycles. The maximum atomic E-state index is 12.3. The zero-order valence-electron chi connectivity index (χ0n) is 10.9. The second kappa shape index (κ2) is 6.51. The predicted molar refractivity (Wildman–Crippen MR) is 75.2 cm³/mol. The van der Waals surface area contributed by atoms with Gasteiger partial charge in [0.05, 0.1) is 0 Å². The Balaban J connectivity index is 1.94.